The van der Waals surface area contributed by atoms with E-state index in [1.165, 1.54) is 32.4 Å². The van der Waals surface area contributed by atoms with E-state index in [0.717, 1.165) is 17.1 Å². The monoisotopic (exact) mass is 822 g/mol. The number of phenolic OH excluding ortho intramolecular Hbond substituents is 2. The van der Waals surface area contributed by atoms with E-state index in [0.29, 0.717) is 19.7 Å². The number of benzene rings is 2. The van der Waals surface area contributed by atoms with E-state index in [1.807, 2.05) is 4.90 Å². The molecular formula is C40H46N4O15. The van der Waals surface area contributed by atoms with Crippen LogP contribution < -0.4 is 15.4 Å². The van der Waals surface area contributed by atoms with E-state index < -0.39 is 113 Å². The zero-order chi connectivity index (χ0) is 42.3. The largest absolute Gasteiger partial charge is 0.507 e. The third-order valence-electron chi connectivity index (χ3n) is 11.5. The number of amides is 4. The summed E-state index contributed by atoms with van der Waals surface area (Å²) in [4.78, 5) is 80.8. The number of methoxy groups -OCH3 is 2. The fraction of sp³-hybridized carbons (Fsp3) is 0.500. The molecule has 7 atom stereocenters. The number of hydrogen-bond donors (Lipinski definition) is 6. The fourth-order valence-corrected chi connectivity index (χ4v) is 8.44. The maximum absolute atomic E-state index is 14.1. The number of nitrogens with one attached hydrogen (secondary N) is 2. The Morgan fingerprint density at radius 1 is 0.966 bits per heavy atom. The number of aromatic hydroxyl groups is 2. The third kappa shape index (κ3) is 7.82. The second kappa shape index (κ2) is 16.8. The third-order valence-corrected chi connectivity index (χ3v) is 11.5. The highest BCUT2D eigenvalue weighted by atomic mass is 16.7. The van der Waals surface area contributed by atoms with Crippen LogP contribution in [0.15, 0.2) is 30.4 Å². The lowest BCUT2D eigenvalue weighted by Crippen LogP contribution is -2.59. The van der Waals surface area contributed by atoms with Crippen molar-refractivity contribution in [1.29, 1.82) is 0 Å². The highest BCUT2D eigenvalue weighted by molar-refractivity contribution is 6.31. The summed E-state index contributed by atoms with van der Waals surface area (Å²) >= 11 is 0. The van der Waals surface area contributed by atoms with Crippen LogP contribution in [0.1, 0.15) is 75.3 Å². The Labute approximate surface area is 337 Å². The number of carbonyl (C=O) groups is 6. The summed E-state index contributed by atoms with van der Waals surface area (Å²) in [6.07, 6.45) is -3.86. The number of hydrogen-bond acceptors (Lipinski definition) is 16. The Bertz CT molecular complexity index is 2090. The number of imide groups is 1. The van der Waals surface area contributed by atoms with Gasteiger partial charge in [0.25, 0.3) is 17.7 Å². The van der Waals surface area contributed by atoms with E-state index in [9.17, 15) is 49.2 Å². The van der Waals surface area contributed by atoms with Crippen molar-refractivity contribution in [2.45, 2.75) is 75.1 Å². The van der Waals surface area contributed by atoms with Gasteiger partial charge in [0.2, 0.25) is 11.7 Å². The first-order valence-electron chi connectivity index (χ1n) is 19.2. The summed E-state index contributed by atoms with van der Waals surface area (Å²) < 4.78 is 28.9. The van der Waals surface area contributed by atoms with Crippen LogP contribution in [0.3, 0.4) is 0 Å². The van der Waals surface area contributed by atoms with Gasteiger partial charge in [-0.1, -0.05) is 12.1 Å². The predicted molar refractivity (Wildman–Crippen MR) is 200 cm³/mol. The molecule has 2 aliphatic carbocycles. The number of aliphatic hydroxyl groups excluding tert-OH is 1. The van der Waals surface area contributed by atoms with E-state index in [-0.39, 0.29) is 60.5 Å². The maximum atomic E-state index is 14.1. The predicted octanol–water partition coefficient (Wildman–Crippen LogP) is -0.667. The molecular weight excluding hydrogens is 776 g/mol. The van der Waals surface area contributed by atoms with E-state index in [4.69, 9.17) is 23.7 Å². The van der Waals surface area contributed by atoms with Gasteiger partial charge in [0.05, 0.1) is 48.7 Å². The molecule has 59 heavy (non-hydrogen) atoms. The van der Waals surface area contributed by atoms with Gasteiger partial charge in [0, 0.05) is 100 Å². The number of nitrogens with zero attached hydrogens (tertiary/aromatic N) is 2. The Kier molecular flexibility index (Phi) is 11.9. The summed E-state index contributed by atoms with van der Waals surface area (Å²) in [7, 11) is 2.83. The summed E-state index contributed by atoms with van der Waals surface area (Å²) in [5, 5.41) is 52.3. The highest BCUT2D eigenvalue weighted by Gasteiger charge is 2.51. The zero-order valence-electron chi connectivity index (χ0n) is 32.6. The van der Waals surface area contributed by atoms with Crippen molar-refractivity contribution >= 4 is 35.2 Å². The quantitative estimate of drug-likeness (QED) is 0.0752. The van der Waals surface area contributed by atoms with Gasteiger partial charge in [-0.15, -0.1) is 0 Å². The number of morpholine rings is 1. The lowest BCUT2D eigenvalue weighted by molar-refractivity contribution is -0.266. The Morgan fingerprint density at radius 3 is 2.39 bits per heavy atom. The molecule has 2 fully saturated rings. The molecule has 19 heteroatoms. The first-order valence-corrected chi connectivity index (χ1v) is 19.2. The average Bonchev–Trinajstić information content (AvgIpc) is 3.55. The second-order valence-corrected chi connectivity index (χ2v) is 15.0. The van der Waals surface area contributed by atoms with Crippen LogP contribution in [-0.2, 0) is 44.5 Å². The number of rotatable bonds is 12. The van der Waals surface area contributed by atoms with Gasteiger partial charge in [-0.2, -0.15) is 0 Å². The molecule has 6 N–H and O–H groups in total. The van der Waals surface area contributed by atoms with Crippen LogP contribution in [0.5, 0.6) is 17.2 Å². The van der Waals surface area contributed by atoms with Gasteiger partial charge < -0.3 is 54.7 Å². The average molecular weight is 823 g/mol. The van der Waals surface area contributed by atoms with E-state index in [2.05, 4.69) is 10.6 Å². The topological polar surface area (TPSA) is 260 Å². The molecule has 2 aromatic rings. The summed E-state index contributed by atoms with van der Waals surface area (Å²) in [6, 6.07) is 3.83. The molecule has 5 aliphatic rings. The van der Waals surface area contributed by atoms with Crippen molar-refractivity contribution < 1.29 is 72.9 Å². The van der Waals surface area contributed by atoms with Crippen molar-refractivity contribution in [3.05, 3.63) is 63.7 Å². The van der Waals surface area contributed by atoms with Gasteiger partial charge in [-0.3, -0.25) is 38.6 Å². The zero-order valence-corrected chi connectivity index (χ0v) is 32.6. The SMILES string of the molecule is COc1cccc2c1C(=O)c1c(O)c3c(c(O)c1C2=O)CC(O)(C(=O)NCCNC(=O)CCN1C(=O)C=CC1=O)CC3O[C@H]1C[C@H](N2CCO[C@H](OC)C2)[C@H](O)[C@H](C)O1. The van der Waals surface area contributed by atoms with Crippen molar-refractivity contribution in [3.8, 4) is 17.2 Å². The summed E-state index contributed by atoms with van der Waals surface area (Å²) in [5.41, 5.74) is -3.91. The van der Waals surface area contributed by atoms with Gasteiger partial charge in [0.1, 0.15) is 22.8 Å². The molecule has 0 radical (unpaired) electrons. The lowest BCUT2D eigenvalue weighted by Gasteiger charge is -2.47. The summed E-state index contributed by atoms with van der Waals surface area (Å²) in [5.74, 6) is -5.46. The van der Waals surface area contributed by atoms with Crippen molar-refractivity contribution in [2.75, 3.05) is 53.6 Å². The molecule has 0 spiro atoms. The molecule has 0 aromatic heterocycles. The standard InChI is InChI=1S/C40H46N4O15/c1-19-34(48)22(43-13-14-57-29(18-43)56-3)15-28(58-19)59-24-17-40(54,39(53)42-11-10-41-25(45)9-12-44-26(46)7-8-27(44)47)16-21-31(24)38(52)33-32(36(21)50)35(49)20-5-4-6-23(55-2)30(20)37(33)51/h4-8,19,22,24,28-29,34,48,50,52,54H,9-18H2,1-3H3,(H,41,45)(H,42,53)/t19-,22-,24?,28-,29-,34+,40?/m0/s1. The number of carbonyl (C=O) groups excluding carboxylic acids is 6. The molecule has 2 unspecified atom stereocenters. The van der Waals surface area contributed by atoms with Crippen LogP contribution in [-0.4, -0.2) is 155 Å². The van der Waals surface area contributed by atoms with Crippen LogP contribution in [0.25, 0.3) is 0 Å². The number of phenols is 2. The molecule has 19 nitrogen and oxygen atoms in total. The van der Waals surface area contributed by atoms with Crippen LogP contribution in [0.4, 0.5) is 0 Å². The van der Waals surface area contributed by atoms with Crippen LogP contribution in [0.2, 0.25) is 0 Å². The first-order chi connectivity index (χ1) is 28.2. The van der Waals surface area contributed by atoms with E-state index in [1.54, 1.807) is 6.92 Å². The molecule has 3 heterocycles. The minimum atomic E-state index is -2.35. The molecule has 2 aromatic carbocycles. The highest BCUT2D eigenvalue weighted by Crippen LogP contribution is 2.52. The Morgan fingerprint density at radius 2 is 1.68 bits per heavy atom. The second-order valence-electron chi connectivity index (χ2n) is 15.0. The molecule has 3 aliphatic heterocycles. The van der Waals surface area contributed by atoms with Crippen molar-refractivity contribution in [3.63, 3.8) is 0 Å². The first kappa shape index (κ1) is 41.9. The number of aliphatic hydroxyl groups is 2. The van der Waals surface area contributed by atoms with Gasteiger partial charge in [0.15, 0.2) is 18.4 Å². The number of ether oxygens (including phenoxy) is 5. The smallest absolute Gasteiger partial charge is 0.253 e. The minimum absolute atomic E-state index is 0.0697. The number of ketones is 2. The van der Waals surface area contributed by atoms with Crippen LogP contribution in [0, 0.1) is 0 Å². The lowest BCUT2D eigenvalue weighted by atomic mass is 9.72. The van der Waals surface area contributed by atoms with E-state index >= 15 is 0 Å². The Balaban J connectivity index is 1.16. The van der Waals surface area contributed by atoms with Crippen molar-refractivity contribution in [1.82, 2.24) is 20.4 Å². The molecule has 0 bridgehead atoms. The fourth-order valence-electron chi connectivity index (χ4n) is 8.44. The van der Waals surface area contributed by atoms with Crippen molar-refractivity contribution in [2.24, 2.45) is 0 Å². The Hall–Kier alpha value is -5.28. The molecule has 2 saturated heterocycles. The van der Waals surface area contributed by atoms with Crippen LogP contribution >= 0.6 is 0 Å². The van der Waals surface area contributed by atoms with Gasteiger partial charge in [-0.25, -0.2) is 0 Å². The van der Waals surface area contributed by atoms with Gasteiger partial charge >= 0.3 is 0 Å². The maximum Gasteiger partial charge on any atom is 0.253 e. The number of fused-ring (bicyclic) bond motifs is 3. The molecule has 316 valence electrons. The van der Waals surface area contributed by atoms with Gasteiger partial charge in [-0.05, 0) is 13.0 Å². The summed E-state index contributed by atoms with van der Waals surface area (Å²) in [6.45, 7) is 2.37. The molecule has 7 rings (SSSR count). The molecule has 4 amide bonds. The minimum Gasteiger partial charge on any atom is -0.507 e. The normalized spacial score (nSPS) is 27.9. The molecule has 0 saturated carbocycles.